The second-order valence-electron chi connectivity index (χ2n) is 8.39. The first kappa shape index (κ1) is 16.6. The zero-order valence-corrected chi connectivity index (χ0v) is 15.9. The molecule has 1 aliphatic carbocycles. The van der Waals surface area contributed by atoms with Crippen molar-refractivity contribution in [1.29, 1.82) is 0 Å². The third-order valence-electron chi connectivity index (χ3n) is 6.54. The quantitative estimate of drug-likeness (QED) is 0.649. The van der Waals surface area contributed by atoms with Gasteiger partial charge in [0.15, 0.2) is 0 Å². The van der Waals surface area contributed by atoms with E-state index in [9.17, 15) is 0 Å². The molecule has 0 bridgehead atoms. The van der Waals surface area contributed by atoms with Crippen molar-refractivity contribution >= 4 is 22.1 Å². The number of nitrogens with two attached hydrogens (primary N) is 1. The summed E-state index contributed by atoms with van der Waals surface area (Å²) in [5, 5.41) is 6.60. The number of likely N-dealkylation sites (tertiary alicyclic amines) is 1. The molecule has 1 aliphatic heterocycles. The molecule has 3 N–H and O–H groups in total. The van der Waals surface area contributed by atoms with Crippen molar-refractivity contribution in [2.24, 2.45) is 0 Å². The number of piperidine rings is 1. The molecule has 3 nitrogen and oxygen atoms in total. The number of nitrogens with one attached hydrogen (secondary N) is 1. The van der Waals surface area contributed by atoms with E-state index in [1.54, 1.807) is 0 Å². The van der Waals surface area contributed by atoms with E-state index in [1.807, 2.05) is 18.2 Å². The van der Waals surface area contributed by atoms with E-state index in [0.717, 1.165) is 43.7 Å². The first-order valence-electron chi connectivity index (χ1n) is 10.0. The van der Waals surface area contributed by atoms with Crippen LogP contribution in [0.3, 0.4) is 0 Å². The molecule has 2 aliphatic rings. The lowest BCUT2D eigenvalue weighted by Crippen LogP contribution is -2.48. The normalized spacial score (nSPS) is 21.4. The highest BCUT2D eigenvalue weighted by Crippen LogP contribution is 2.42. The van der Waals surface area contributed by atoms with E-state index in [4.69, 9.17) is 5.73 Å². The highest BCUT2D eigenvalue weighted by atomic mass is 15.2. The van der Waals surface area contributed by atoms with Crippen LogP contribution in [0.5, 0.6) is 0 Å². The maximum absolute atomic E-state index is 6.14. The summed E-state index contributed by atoms with van der Waals surface area (Å²) in [6, 6.07) is 22.2. The topological polar surface area (TPSA) is 41.3 Å². The summed E-state index contributed by atoms with van der Waals surface area (Å²) in [6.07, 6.45) is 3.40. The standard InChI is InChI=1S/C24H27N3/c1-24(26-21-11-3-2-10-20(21)25)12-14-27(15-13-24)22-16-18-8-4-6-17-7-5-9-19(22)23(17)18/h2-11,22,26H,12-16,25H2,1H3. The third-order valence-corrected chi connectivity index (χ3v) is 6.54. The van der Waals surface area contributed by atoms with Crippen molar-refractivity contribution in [2.45, 2.75) is 37.8 Å². The summed E-state index contributed by atoms with van der Waals surface area (Å²) in [5.41, 5.74) is 11.2. The lowest BCUT2D eigenvalue weighted by atomic mass is 9.87. The first-order valence-corrected chi connectivity index (χ1v) is 10.0. The minimum atomic E-state index is 0.101. The Balaban J connectivity index is 1.33. The van der Waals surface area contributed by atoms with Crippen LogP contribution < -0.4 is 11.1 Å². The fraction of sp³-hybridized carbons (Fsp3) is 0.333. The molecule has 1 fully saturated rings. The highest BCUT2D eigenvalue weighted by Gasteiger charge is 2.36. The van der Waals surface area contributed by atoms with Gasteiger partial charge in [-0.05, 0) is 60.2 Å². The Morgan fingerprint density at radius 3 is 2.48 bits per heavy atom. The molecule has 0 radical (unpaired) electrons. The summed E-state index contributed by atoms with van der Waals surface area (Å²) >= 11 is 0. The fourth-order valence-corrected chi connectivity index (χ4v) is 4.93. The lowest BCUT2D eigenvalue weighted by Gasteiger charge is -2.43. The van der Waals surface area contributed by atoms with E-state index in [1.165, 1.54) is 21.9 Å². The minimum absolute atomic E-state index is 0.101. The van der Waals surface area contributed by atoms with E-state index in [2.05, 4.69) is 59.6 Å². The predicted octanol–water partition coefficient (Wildman–Crippen LogP) is 4.99. The average molecular weight is 358 g/mol. The number of benzene rings is 3. The van der Waals surface area contributed by atoms with Gasteiger partial charge < -0.3 is 11.1 Å². The number of anilines is 2. The van der Waals surface area contributed by atoms with Crippen LogP contribution in [0.1, 0.15) is 36.9 Å². The number of hydrogen-bond acceptors (Lipinski definition) is 3. The molecule has 0 saturated carbocycles. The maximum Gasteiger partial charge on any atom is 0.0578 e. The van der Waals surface area contributed by atoms with Crippen molar-refractivity contribution in [1.82, 2.24) is 4.90 Å². The van der Waals surface area contributed by atoms with Crippen LogP contribution >= 0.6 is 0 Å². The average Bonchev–Trinajstić information content (AvgIpc) is 3.05. The van der Waals surface area contributed by atoms with E-state index < -0.39 is 0 Å². The van der Waals surface area contributed by atoms with Crippen LogP contribution in [0.4, 0.5) is 11.4 Å². The molecule has 1 heterocycles. The highest BCUT2D eigenvalue weighted by molar-refractivity contribution is 5.91. The molecule has 138 valence electrons. The SMILES string of the molecule is CC1(Nc2ccccc2N)CCN(C2Cc3cccc4cccc2c34)CC1. The molecule has 3 aromatic rings. The Labute approximate surface area is 161 Å². The molecule has 1 saturated heterocycles. The van der Waals surface area contributed by atoms with Gasteiger partial charge in [0.1, 0.15) is 0 Å². The fourth-order valence-electron chi connectivity index (χ4n) is 4.93. The third kappa shape index (κ3) is 2.87. The number of rotatable bonds is 3. The molecule has 1 unspecified atom stereocenters. The summed E-state index contributed by atoms with van der Waals surface area (Å²) < 4.78 is 0. The smallest absolute Gasteiger partial charge is 0.0578 e. The predicted molar refractivity (Wildman–Crippen MR) is 114 cm³/mol. The van der Waals surface area contributed by atoms with Crippen LogP contribution in [0.2, 0.25) is 0 Å². The van der Waals surface area contributed by atoms with E-state index in [0.29, 0.717) is 6.04 Å². The molecule has 0 aromatic heterocycles. The van der Waals surface area contributed by atoms with Gasteiger partial charge in [0, 0.05) is 24.7 Å². The van der Waals surface area contributed by atoms with Crippen LogP contribution in [0.25, 0.3) is 10.8 Å². The molecule has 0 amide bonds. The second-order valence-corrected chi connectivity index (χ2v) is 8.39. The minimum Gasteiger partial charge on any atom is -0.397 e. The summed E-state index contributed by atoms with van der Waals surface area (Å²) in [5.74, 6) is 0. The Kier molecular flexibility index (Phi) is 3.87. The van der Waals surface area contributed by atoms with Crippen molar-refractivity contribution < 1.29 is 0 Å². The summed E-state index contributed by atoms with van der Waals surface area (Å²) in [6.45, 7) is 4.57. The van der Waals surface area contributed by atoms with Gasteiger partial charge in [0.25, 0.3) is 0 Å². The molecule has 1 atom stereocenters. The van der Waals surface area contributed by atoms with Crippen molar-refractivity contribution in [3.63, 3.8) is 0 Å². The maximum atomic E-state index is 6.14. The van der Waals surface area contributed by atoms with Gasteiger partial charge in [-0.25, -0.2) is 0 Å². The number of nitrogens with zero attached hydrogens (tertiary/aromatic N) is 1. The van der Waals surface area contributed by atoms with Crippen LogP contribution in [-0.4, -0.2) is 23.5 Å². The monoisotopic (exact) mass is 357 g/mol. The largest absolute Gasteiger partial charge is 0.397 e. The molecular weight excluding hydrogens is 330 g/mol. The Bertz CT molecular complexity index is 981. The van der Waals surface area contributed by atoms with Crippen LogP contribution in [0.15, 0.2) is 60.7 Å². The number of hydrogen-bond donors (Lipinski definition) is 2. The van der Waals surface area contributed by atoms with Gasteiger partial charge in [0.05, 0.1) is 11.4 Å². The first-order chi connectivity index (χ1) is 13.1. The van der Waals surface area contributed by atoms with Gasteiger partial charge >= 0.3 is 0 Å². The molecule has 27 heavy (non-hydrogen) atoms. The van der Waals surface area contributed by atoms with Crippen LogP contribution in [-0.2, 0) is 6.42 Å². The summed E-state index contributed by atoms with van der Waals surface area (Å²) in [7, 11) is 0. The van der Waals surface area contributed by atoms with E-state index in [-0.39, 0.29) is 5.54 Å². The second kappa shape index (κ2) is 6.28. The molecular formula is C24H27N3. The zero-order chi connectivity index (χ0) is 18.4. The van der Waals surface area contributed by atoms with Gasteiger partial charge in [-0.3, -0.25) is 4.90 Å². The van der Waals surface area contributed by atoms with Crippen LogP contribution in [0, 0.1) is 0 Å². The van der Waals surface area contributed by atoms with E-state index >= 15 is 0 Å². The molecule has 5 rings (SSSR count). The number of para-hydroxylation sites is 2. The van der Waals surface area contributed by atoms with Gasteiger partial charge in [-0.2, -0.15) is 0 Å². The Hall–Kier alpha value is -2.52. The molecule has 0 spiro atoms. The van der Waals surface area contributed by atoms with Crippen molar-refractivity contribution in [3.8, 4) is 0 Å². The lowest BCUT2D eigenvalue weighted by molar-refractivity contribution is 0.133. The zero-order valence-electron chi connectivity index (χ0n) is 15.9. The molecule has 3 aromatic carbocycles. The Morgan fingerprint density at radius 2 is 1.70 bits per heavy atom. The van der Waals surface area contributed by atoms with Gasteiger partial charge in [-0.15, -0.1) is 0 Å². The Morgan fingerprint density at radius 1 is 0.963 bits per heavy atom. The van der Waals surface area contributed by atoms with Crippen molar-refractivity contribution in [3.05, 3.63) is 71.8 Å². The molecule has 3 heteroatoms. The van der Waals surface area contributed by atoms with Gasteiger partial charge in [-0.1, -0.05) is 48.5 Å². The number of nitrogen functional groups attached to an aromatic ring is 1. The van der Waals surface area contributed by atoms with Crippen molar-refractivity contribution in [2.75, 3.05) is 24.1 Å². The van der Waals surface area contributed by atoms with Gasteiger partial charge in [0.2, 0.25) is 0 Å². The summed E-state index contributed by atoms with van der Waals surface area (Å²) in [4.78, 5) is 2.69.